The van der Waals surface area contributed by atoms with Crippen LogP contribution in [0.5, 0.6) is 0 Å². The molecule has 0 bridgehead atoms. The van der Waals surface area contributed by atoms with Gasteiger partial charge in [0.1, 0.15) is 24.6 Å². The first-order valence-corrected chi connectivity index (χ1v) is 16.9. The van der Waals surface area contributed by atoms with Crippen molar-refractivity contribution in [1.82, 2.24) is 0 Å². The summed E-state index contributed by atoms with van der Waals surface area (Å²) in [6.07, 6.45) is -0.770. The Morgan fingerprint density at radius 1 is 0.717 bits per heavy atom. The second-order valence-corrected chi connectivity index (χ2v) is 14.1. The number of hydrogen-bond donors (Lipinski definition) is 0. The van der Waals surface area contributed by atoms with Gasteiger partial charge in [0.05, 0.1) is 37.8 Å². The smallest absolute Gasteiger partial charge is 0.128 e. The van der Waals surface area contributed by atoms with E-state index in [4.69, 9.17) is 18.9 Å². The molecule has 4 aromatic rings. The predicted octanol–water partition coefficient (Wildman–Crippen LogP) is 8.45. The number of aldehydes is 1. The molecular formula is C40H46O5S. The van der Waals surface area contributed by atoms with Crippen molar-refractivity contribution in [3.8, 4) is 0 Å². The fourth-order valence-corrected chi connectivity index (χ4v) is 7.79. The minimum Gasteiger partial charge on any atom is -0.374 e. The van der Waals surface area contributed by atoms with Crippen LogP contribution in [0.2, 0.25) is 0 Å². The van der Waals surface area contributed by atoms with Gasteiger partial charge in [-0.2, -0.15) is 0 Å². The van der Waals surface area contributed by atoms with E-state index in [1.54, 1.807) is 11.8 Å². The molecular weight excluding hydrogens is 593 g/mol. The number of thioether (sulfide) groups is 1. The summed E-state index contributed by atoms with van der Waals surface area (Å²) < 4.78 is 27.0. The van der Waals surface area contributed by atoms with Gasteiger partial charge in [0, 0.05) is 10.3 Å². The van der Waals surface area contributed by atoms with Gasteiger partial charge in [-0.05, 0) is 48.6 Å². The largest absolute Gasteiger partial charge is 0.374 e. The summed E-state index contributed by atoms with van der Waals surface area (Å²) in [6.45, 7) is 11.9. The molecule has 4 aromatic carbocycles. The third-order valence-corrected chi connectivity index (χ3v) is 10.2. The lowest BCUT2D eigenvalue weighted by molar-refractivity contribution is -0.231. The highest BCUT2D eigenvalue weighted by molar-refractivity contribution is 8.00. The van der Waals surface area contributed by atoms with Crippen LogP contribution in [-0.4, -0.2) is 42.6 Å². The zero-order valence-corrected chi connectivity index (χ0v) is 28.4. The standard InChI is InChI=1S/C40H46O5S/c1-28-21-29(2)37(30(3)22-28)46-38-36(44-25-33-19-13-8-14-20-33)35(43-24-32-17-11-7-12-18-32)34(45-39(38)40(4,5)27-41)26-42-23-31-15-9-6-10-16-31/h6-22,27,34-36,38-39H,23-26H2,1-5H3/t34-,35-,36+,38-,39-/m1/s1. The Hall–Kier alpha value is -3.26. The fraction of sp³-hybridized carbons (Fsp3) is 0.375. The molecule has 0 unspecified atom stereocenters. The van der Waals surface area contributed by atoms with E-state index < -0.39 is 29.8 Å². The Labute approximate surface area is 278 Å². The molecule has 6 heteroatoms. The lowest BCUT2D eigenvalue weighted by atomic mass is 9.81. The SMILES string of the molecule is Cc1cc(C)c(S[C@@H]2[C@@H](OCc3ccccc3)[C@H](OCc3ccccc3)[C@@H](COCc3ccccc3)O[C@H]2C(C)(C)C=O)c(C)c1. The van der Waals surface area contributed by atoms with Crippen LogP contribution in [0.3, 0.4) is 0 Å². The van der Waals surface area contributed by atoms with Gasteiger partial charge < -0.3 is 23.7 Å². The van der Waals surface area contributed by atoms with Gasteiger partial charge in [-0.1, -0.05) is 123 Å². The van der Waals surface area contributed by atoms with Crippen molar-refractivity contribution in [3.63, 3.8) is 0 Å². The van der Waals surface area contributed by atoms with Crippen LogP contribution >= 0.6 is 11.8 Å². The Kier molecular flexibility index (Phi) is 11.9. The summed E-state index contributed by atoms with van der Waals surface area (Å²) in [5.41, 5.74) is 6.05. The second-order valence-electron chi connectivity index (χ2n) is 12.9. The lowest BCUT2D eigenvalue weighted by Crippen LogP contribution is -2.62. The molecule has 46 heavy (non-hydrogen) atoms. The Morgan fingerprint density at radius 2 is 1.20 bits per heavy atom. The van der Waals surface area contributed by atoms with Crippen LogP contribution < -0.4 is 0 Å². The second kappa shape index (κ2) is 16.0. The van der Waals surface area contributed by atoms with Crippen molar-refractivity contribution in [2.45, 2.75) is 89.0 Å². The van der Waals surface area contributed by atoms with Gasteiger partial charge in [-0.25, -0.2) is 0 Å². The van der Waals surface area contributed by atoms with E-state index in [-0.39, 0.29) is 5.25 Å². The Bertz CT molecular complexity index is 1500. The van der Waals surface area contributed by atoms with Crippen molar-refractivity contribution in [2.75, 3.05) is 6.61 Å². The highest BCUT2D eigenvalue weighted by Gasteiger charge is 2.52. The first-order chi connectivity index (χ1) is 22.2. The zero-order chi connectivity index (χ0) is 32.5. The quantitative estimate of drug-likeness (QED) is 0.129. The number of benzene rings is 4. The van der Waals surface area contributed by atoms with Crippen LogP contribution in [0.1, 0.15) is 47.2 Å². The number of aryl methyl sites for hydroxylation is 3. The van der Waals surface area contributed by atoms with E-state index in [0.717, 1.165) is 23.0 Å². The maximum Gasteiger partial charge on any atom is 0.128 e. The molecule has 5 atom stereocenters. The first kappa shape index (κ1) is 34.1. The molecule has 5 nitrogen and oxygen atoms in total. The Morgan fingerprint density at radius 3 is 1.70 bits per heavy atom. The summed E-state index contributed by atoms with van der Waals surface area (Å²) >= 11 is 1.74. The number of carbonyl (C=O) groups is 1. The summed E-state index contributed by atoms with van der Waals surface area (Å²) in [5, 5.41) is -0.241. The number of ether oxygens (including phenoxy) is 4. The van der Waals surface area contributed by atoms with Crippen LogP contribution in [-0.2, 0) is 43.6 Å². The van der Waals surface area contributed by atoms with Crippen molar-refractivity contribution in [1.29, 1.82) is 0 Å². The van der Waals surface area contributed by atoms with Gasteiger partial charge in [-0.15, -0.1) is 11.8 Å². The highest BCUT2D eigenvalue weighted by atomic mass is 32.2. The van der Waals surface area contributed by atoms with Crippen molar-refractivity contribution in [3.05, 3.63) is 137 Å². The van der Waals surface area contributed by atoms with E-state index in [9.17, 15) is 4.79 Å². The zero-order valence-electron chi connectivity index (χ0n) is 27.6. The molecule has 0 saturated carbocycles. The monoisotopic (exact) mass is 638 g/mol. The molecule has 1 aliphatic heterocycles. The molecule has 0 spiro atoms. The molecule has 0 aromatic heterocycles. The Balaban J connectivity index is 1.53. The predicted molar refractivity (Wildman–Crippen MR) is 185 cm³/mol. The van der Waals surface area contributed by atoms with Gasteiger partial charge >= 0.3 is 0 Å². The van der Waals surface area contributed by atoms with E-state index in [1.165, 1.54) is 21.6 Å². The van der Waals surface area contributed by atoms with Crippen molar-refractivity contribution < 1.29 is 23.7 Å². The summed E-state index contributed by atoms with van der Waals surface area (Å²) in [4.78, 5) is 13.9. The maximum absolute atomic E-state index is 12.7. The number of carbonyl (C=O) groups excluding carboxylic acids is 1. The molecule has 242 valence electrons. The number of hydrogen-bond acceptors (Lipinski definition) is 6. The van der Waals surface area contributed by atoms with Gasteiger partial charge in [0.15, 0.2) is 0 Å². The average Bonchev–Trinajstić information content (AvgIpc) is 3.06. The van der Waals surface area contributed by atoms with E-state index in [1.807, 2.05) is 80.6 Å². The van der Waals surface area contributed by atoms with Gasteiger partial charge in [-0.3, -0.25) is 0 Å². The molecule has 1 aliphatic rings. The lowest BCUT2D eigenvalue weighted by Gasteiger charge is -2.50. The molecule has 0 amide bonds. The molecule has 1 saturated heterocycles. The van der Waals surface area contributed by atoms with Gasteiger partial charge in [0.25, 0.3) is 0 Å². The van der Waals surface area contributed by atoms with Crippen LogP contribution in [0.4, 0.5) is 0 Å². The van der Waals surface area contributed by atoms with E-state index >= 15 is 0 Å². The minimum atomic E-state index is -0.791. The number of rotatable bonds is 14. The molecule has 0 aliphatic carbocycles. The third kappa shape index (κ3) is 8.75. The average molecular weight is 639 g/mol. The molecule has 1 fully saturated rings. The third-order valence-electron chi connectivity index (χ3n) is 8.49. The van der Waals surface area contributed by atoms with E-state index in [2.05, 4.69) is 57.2 Å². The summed E-state index contributed by atoms with van der Waals surface area (Å²) in [6, 6.07) is 34.9. The fourth-order valence-electron chi connectivity index (χ4n) is 6.12. The van der Waals surface area contributed by atoms with Crippen LogP contribution in [0.25, 0.3) is 0 Å². The minimum absolute atomic E-state index is 0.241. The first-order valence-electron chi connectivity index (χ1n) is 16.0. The highest BCUT2D eigenvalue weighted by Crippen LogP contribution is 2.45. The molecule has 1 heterocycles. The van der Waals surface area contributed by atoms with Crippen molar-refractivity contribution >= 4 is 18.0 Å². The summed E-state index contributed by atoms with van der Waals surface area (Å²) in [5.74, 6) is 0. The summed E-state index contributed by atoms with van der Waals surface area (Å²) in [7, 11) is 0. The van der Waals surface area contributed by atoms with Gasteiger partial charge in [0.2, 0.25) is 0 Å². The molecule has 5 rings (SSSR count). The normalized spacial score (nSPS) is 21.6. The molecule has 0 N–H and O–H groups in total. The van der Waals surface area contributed by atoms with Crippen LogP contribution in [0.15, 0.2) is 108 Å². The topological polar surface area (TPSA) is 54.0 Å². The van der Waals surface area contributed by atoms with Crippen LogP contribution in [0, 0.1) is 26.2 Å². The maximum atomic E-state index is 12.7. The van der Waals surface area contributed by atoms with E-state index in [0.29, 0.717) is 26.4 Å². The van der Waals surface area contributed by atoms with Crippen molar-refractivity contribution in [2.24, 2.45) is 5.41 Å². The molecule has 0 radical (unpaired) electrons.